The quantitative estimate of drug-likeness (QED) is 0.813. The minimum Gasteiger partial charge on any atom is -0.398 e. The number of nitrogen functional groups attached to an aromatic ring is 1. The fraction of sp³-hybridized carbons (Fsp3) is 0.571. The summed E-state index contributed by atoms with van der Waals surface area (Å²) < 4.78 is 26.8. The maximum atomic E-state index is 12.0. The summed E-state index contributed by atoms with van der Waals surface area (Å²) in [6.07, 6.45) is 3.45. The molecule has 1 saturated carbocycles. The lowest BCUT2D eigenvalue weighted by Crippen LogP contribution is -2.29. The molecule has 0 saturated heterocycles. The molecule has 0 spiro atoms. The van der Waals surface area contributed by atoms with E-state index in [-0.39, 0.29) is 5.75 Å². The molecule has 2 atom stereocenters. The Labute approximate surface area is 115 Å². The molecule has 0 aromatic heterocycles. The van der Waals surface area contributed by atoms with Crippen LogP contribution in [0.15, 0.2) is 24.3 Å². The molecule has 1 aromatic rings. The highest BCUT2D eigenvalue weighted by Crippen LogP contribution is 2.29. The highest BCUT2D eigenvalue weighted by Gasteiger charge is 2.23. The summed E-state index contributed by atoms with van der Waals surface area (Å²) in [5, 5.41) is 0. The highest BCUT2D eigenvalue weighted by molar-refractivity contribution is 7.88. The van der Waals surface area contributed by atoms with Crippen LogP contribution in [0.25, 0.3) is 0 Å². The molecule has 0 amide bonds. The Balaban J connectivity index is 1.90. The van der Waals surface area contributed by atoms with Crippen LogP contribution < -0.4 is 10.5 Å². The lowest BCUT2D eigenvalue weighted by molar-refractivity contribution is 0.498. The van der Waals surface area contributed by atoms with Gasteiger partial charge in [0.05, 0.1) is 5.75 Å². The van der Waals surface area contributed by atoms with Gasteiger partial charge in [-0.15, -0.1) is 0 Å². The topological polar surface area (TPSA) is 72.2 Å². The Morgan fingerprint density at radius 2 is 2.05 bits per heavy atom. The minimum atomic E-state index is -3.29. The Kier molecular flexibility index (Phi) is 4.47. The van der Waals surface area contributed by atoms with E-state index in [0.29, 0.717) is 23.7 Å². The van der Waals surface area contributed by atoms with Gasteiger partial charge in [-0.1, -0.05) is 31.5 Å². The number of benzene rings is 1. The van der Waals surface area contributed by atoms with Crippen molar-refractivity contribution in [1.29, 1.82) is 0 Å². The highest BCUT2D eigenvalue weighted by atomic mass is 32.2. The Hall–Kier alpha value is -1.07. The molecule has 4 nitrogen and oxygen atoms in total. The first-order valence-corrected chi connectivity index (χ1v) is 8.42. The van der Waals surface area contributed by atoms with Crippen molar-refractivity contribution in [3.63, 3.8) is 0 Å². The van der Waals surface area contributed by atoms with Crippen LogP contribution in [0.1, 0.15) is 31.7 Å². The largest absolute Gasteiger partial charge is 0.398 e. The predicted molar refractivity (Wildman–Crippen MR) is 78.0 cm³/mol. The molecule has 1 aliphatic carbocycles. The monoisotopic (exact) mass is 282 g/mol. The van der Waals surface area contributed by atoms with Crippen molar-refractivity contribution in [3.05, 3.63) is 29.8 Å². The first kappa shape index (κ1) is 14.3. The zero-order valence-corrected chi connectivity index (χ0v) is 12.1. The van der Waals surface area contributed by atoms with Crippen molar-refractivity contribution in [1.82, 2.24) is 4.72 Å². The predicted octanol–water partition coefficient (Wildman–Crippen LogP) is 2.12. The van der Waals surface area contributed by atoms with Crippen LogP contribution in [0.5, 0.6) is 0 Å². The SMILES string of the molecule is CC1CCC(CNS(=O)(=O)Cc2ccccc2N)C1. The van der Waals surface area contributed by atoms with E-state index in [1.807, 2.05) is 0 Å². The van der Waals surface area contributed by atoms with E-state index < -0.39 is 10.0 Å². The average Bonchev–Trinajstić information content (AvgIpc) is 2.76. The van der Waals surface area contributed by atoms with Crippen LogP contribution in [0.3, 0.4) is 0 Å². The third-order valence-corrected chi connectivity index (χ3v) is 5.09. The number of sulfonamides is 1. The number of hydrogen-bond acceptors (Lipinski definition) is 3. The second-order valence-corrected chi connectivity index (χ2v) is 7.40. The minimum absolute atomic E-state index is 0.0397. The third-order valence-electron chi connectivity index (χ3n) is 3.80. The van der Waals surface area contributed by atoms with Crippen LogP contribution in [0.4, 0.5) is 5.69 Å². The molecule has 0 heterocycles. The molecule has 1 fully saturated rings. The Morgan fingerprint density at radius 3 is 2.68 bits per heavy atom. The molecule has 1 aromatic carbocycles. The van der Waals surface area contributed by atoms with E-state index >= 15 is 0 Å². The van der Waals surface area contributed by atoms with Crippen molar-refractivity contribution >= 4 is 15.7 Å². The summed E-state index contributed by atoms with van der Waals surface area (Å²) in [7, 11) is -3.29. The molecule has 0 bridgehead atoms. The van der Waals surface area contributed by atoms with Gasteiger partial charge in [0.2, 0.25) is 10.0 Å². The van der Waals surface area contributed by atoms with E-state index in [1.54, 1.807) is 24.3 Å². The molecule has 2 unspecified atom stereocenters. The smallest absolute Gasteiger partial charge is 0.215 e. The summed E-state index contributed by atoms with van der Waals surface area (Å²) in [6.45, 7) is 2.78. The third kappa shape index (κ3) is 4.21. The van der Waals surface area contributed by atoms with Gasteiger partial charge >= 0.3 is 0 Å². The summed E-state index contributed by atoms with van der Waals surface area (Å²) in [4.78, 5) is 0. The Bertz CT molecular complexity index is 528. The number of rotatable bonds is 5. The zero-order chi connectivity index (χ0) is 13.9. The molecule has 5 heteroatoms. The molecule has 0 aliphatic heterocycles. The van der Waals surface area contributed by atoms with Crippen LogP contribution in [-0.2, 0) is 15.8 Å². The van der Waals surface area contributed by atoms with E-state index in [0.717, 1.165) is 18.8 Å². The van der Waals surface area contributed by atoms with Crippen molar-refractivity contribution in [2.45, 2.75) is 31.9 Å². The van der Waals surface area contributed by atoms with Gasteiger partial charge in [0, 0.05) is 12.2 Å². The van der Waals surface area contributed by atoms with E-state index in [9.17, 15) is 8.42 Å². The first-order chi connectivity index (χ1) is 8.96. The summed E-state index contributed by atoms with van der Waals surface area (Å²) in [5.41, 5.74) is 6.96. The van der Waals surface area contributed by atoms with Gasteiger partial charge in [-0.3, -0.25) is 0 Å². The van der Waals surface area contributed by atoms with Gasteiger partial charge in [-0.2, -0.15) is 0 Å². The van der Waals surface area contributed by atoms with Gasteiger partial charge < -0.3 is 5.73 Å². The Morgan fingerprint density at radius 1 is 1.32 bits per heavy atom. The van der Waals surface area contributed by atoms with Gasteiger partial charge in [0.25, 0.3) is 0 Å². The van der Waals surface area contributed by atoms with Gasteiger partial charge in [-0.25, -0.2) is 13.1 Å². The number of hydrogen-bond donors (Lipinski definition) is 2. The van der Waals surface area contributed by atoms with Crippen molar-refractivity contribution in [2.75, 3.05) is 12.3 Å². The zero-order valence-electron chi connectivity index (χ0n) is 11.3. The van der Waals surface area contributed by atoms with E-state index in [1.165, 1.54) is 6.42 Å². The van der Waals surface area contributed by atoms with Crippen LogP contribution in [-0.4, -0.2) is 15.0 Å². The second kappa shape index (κ2) is 5.92. The first-order valence-electron chi connectivity index (χ1n) is 6.77. The average molecular weight is 282 g/mol. The molecule has 2 rings (SSSR count). The van der Waals surface area contributed by atoms with E-state index in [2.05, 4.69) is 11.6 Å². The molecule has 0 radical (unpaired) electrons. The molecular formula is C14H22N2O2S. The van der Waals surface area contributed by atoms with Gasteiger partial charge in [-0.05, 0) is 36.3 Å². The standard InChI is InChI=1S/C14H22N2O2S/c1-11-6-7-12(8-11)9-16-19(17,18)10-13-4-2-3-5-14(13)15/h2-5,11-12,16H,6-10,15H2,1H3. The lowest BCUT2D eigenvalue weighted by Gasteiger charge is -2.12. The molecule has 3 N–H and O–H groups in total. The van der Waals surface area contributed by atoms with Crippen LogP contribution >= 0.6 is 0 Å². The molecule has 1 aliphatic rings. The number of para-hydroxylation sites is 1. The molecular weight excluding hydrogens is 260 g/mol. The normalized spacial score (nSPS) is 23.6. The maximum Gasteiger partial charge on any atom is 0.215 e. The number of nitrogens with one attached hydrogen (secondary N) is 1. The number of nitrogens with two attached hydrogens (primary N) is 1. The molecule has 19 heavy (non-hydrogen) atoms. The van der Waals surface area contributed by atoms with Gasteiger partial charge in [0.15, 0.2) is 0 Å². The molecule has 106 valence electrons. The van der Waals surface area contributed by atoms with Gasteiger partial charge in [0.1, 0.15) is 0 Å². The summed E-state index contributed by atoms with van der Waals surface area (Å²) in [6, 6.07) is 7.09. The van der Waals surface area contributed by atoms with Crippen LogP contribution in [0.2, 0.25) is 0 Å². The lowest BCUT2D eigenvalue weighted by atomic mass is 10.1. The summed E-state index contributed by atoms with van der Waals surface area (Å²) >= 11 is 0. The van der Waals surface area contributed by atoms with Crippen LogP contribution in [0, 0.1) is 11.8 Å². The van der Waals surface area contributed by atoms with Crippen molar-refractivity contribution in [3.8, 4) is 0 Å². The fourth-order valence-electron chi connectivity index (χ4n) is 2.68. The number of anilines is 1. The van der Waals surface area contributed by atoms with Crippen molar-refractivity contribution in [2.24, 2.45) is 11.8 Å². The summed E-state index contributed by atoms with van der Waals surface area (Å²) in [5.74, 6) is 1.17. The fourth-order valence-corrected chi connectivity index (χ4v) is 3.94. The second-order valence-electron chi connectivity index (χ2n) is 5.59. The van der Waals surface area contributed by atoms with Crippen molar-refractivity contribution < 1.29 is 8.42 Å². The maximum absolute atomic E-state index is 12.0. The van der Waals surface area contributed by atoms with E-state index in [4.69, 9.17) is 5.73 Å².